The lowest BCUT2D eigenvalue weighted by Gasteiger charge is -2.29. The average molecular weight is 408 g/mol. The van der Waals surface area contributed by atoms with Gasteiger partial charge in [0, 0.05) is 5.70 Å². The first kappa shape index (κ1) is 18.9. The zero-order valence-corrected chi connectivity index (χ0v) is 15.8. The zero-order valence-electron chi connectivity index (χ0n) is 14.1. The Labute approximate surface area is 159 Å². The Morgan fingerprint density at radius 1 is 1.26 bits per heavy atom. The molecule has 1 aromatic heterocycles. The molecule has 27 heavy (non-hydrogen) atoms. The number of phenolic OH excluding ortho intramolecular Hbond substituents is 1. The lowest BCUT2D eigenvalue weighted by atomic mass is 9.95. The second kappa shape index (κ2) is 7.41. The van der Waals surface area contributed by atoms with E-state index >= 15 is 0 Å². The number of benzene rings is 1. The fourth-order valence-corrected chi connectivity index (χ4v) is 5.12. The summed E-state index contributed by atoms with van der Waals surface area (Å²) in [6.45, 7) is 0. The number of sulfone groups is 1. The van der Waals surface area contributed by atoms with Crippen LogP contribution in [0.25, 0.3) is 0 Å². The zero-order chi connectivity index (χ0) is 19.6. The van der Waals surface area contributed by atoms with E-state index in [1.165, 1.54) is 37.4 Å². The molecule has 0 spiro atoms. The number of carbonyl (C=O) groups is 2. The van der Waals surface area contributed by atoms with Gasteiger partial charge in [0.05, 0.1) is 24.5 Å². The standard InChI is InChI=1S/C17H16N2O6S2/c1-25-16(21)14-12(9-27(23,24)13-3-2-8-26-13)18-17(22)19-15(14)10-4-6-11(20)7-5-10/h2-8,15,20H,9H2,1H3,(H2,18,19,22)/t15-/m1/s1. The Kier molecular flexibility index (Phi) is 5.19. The summed E-state index contributed by atoms with van der Waals surface area (Å²) in [6, 6.07) is 7.37. The van der Waals surface area contributed by atoms with Crippen LogP contribution >= 0.6 is 11.3 Å². The van der Waals surface area contributed by atoms with E-state index in [1.54, 1.807) is 11.4 Å². The maximum absolute atomic E-state index is 12.6. The van der Waals surface area contributed by atoms with Gasteiger partial charge in [0.15, 0.2) is 9.84 Å². The Morgan fingerprint density at radius 2 is 1.96 bits per heavy atom. The molecule has 0 bridgehead atoms. The Bertz CT molecular complexity index is 995. The summed E-state index contributed by atoms with van der Waals surface area (Å²) in [5, 5.41) is 16.1. The fourth-order valence-electron chi connectivity index (χ4n) is 2.70. The molecule has 1 aliphatic rings. The topological polar surface area (TPSA) is 122 Å². The van der Waals surface area contributed by atoms with E-state index in [1.807, 2.05) is 0 Å². The summed E-state index contributed by atoms with van der Waals surface area (Å²) in [5.74, 6) is -1.31. The number of aromatic hydroxyl groups is 1. The molecular weight excluding hydrogens is 392 g/mol. The molecule has 2 heterocycles. The monoisotopic (exact) mass is 408 g/mol. The summed E-state index contributed by atoms with van der Waals surface area (Å²) in [6.07, 6.45) is 0. The number of urea groups is 1. The Morgan fingerprint density at radius 3 is 2.56 bits per heavy atom. The molecule has 0 saturated heterocycles. The number of ether oxygens (including phenoxy) is 1. The quantitative estimate of drug-likeness (QED) is 0.648. The van der Waals surface area contributed by atoms with Crippen molar-refractivity contribution in [3.63, 3.8) is 0 Å². The number of carbonyl (C=O) groups excluding carboxylic acids is 2. The molecule has 8 nitrogen and oxygen atoms in total. The molecule has 0 radical (unpaired) electrons. The van der Waals surface area contributed by atoms with Crippen LogP contribution in [0.3, 0.4) is 0 Å². The molecule has 0 aliphatic carbocycles. The van der Waals surface area contributed by atoms with Crippen LogP contribution in [0.15, 0.2) is 57.3 Å². The van der Waals surface area contributed by atoms with Gasteiger partial charge in [0.2, 0.25) is 0 Å². The second-order valence-corrected chi connectivity index (χ2v) is 8.86. The predicted molar refractivity (Wildman–Crippen MR) is 97.9 cm³/mol. The lowest BCUT2D eigenvalue weighted by molar-refractivity contribution is -0.136. The van der Waals surface area contributed by atoms with Gasteiger partial charge in [-0.1, -0.05) is 18.2 Å². The van der Waals surface area contributed by atoms with Crippen molar-refractivity contribution in [2.45, 2.75) is 10.3 Å². The van der Waals surface area contributed by atoms with Crippen molar-refractivity contribution in [2.75, 3.05) is 12.9 Å². The molecule has 2 aromatic rings. The van der Waals surface area contributed by atoms with Gasteiger partial charge in [-0.2, -0.15) is 0 Å². The second-order valence-electron chi connectivity index (χ2n) is 5.70. The van der Waals surface area contributed by atoms with Crippen LogP contribution in [0.5, 0.6) is 5.75 Å². The van der Waals surface area contributed by atoms with Crippen molar-refractivity contribution < 1.29 is 27.9 Å². The van der Waals surface area contributed by atoms with Crippen molar-refractivity contribution in [1.82, 2.24) is 10.6 Å². The van der Waals surface area contributed by atoms with E-state index in [4.69, 9.17) is 4.74 Å². The number of phenols is 1. The highest BCUT2D eigenvalue weighted by molar-refractivity contribution is 7.93. The minimum Gasteiger partial charge on any atom is -0.508 e. The maximum Gasteiger partial charge on any atom is 0.338 e. The van der Waals surface area contributed by atoms with Crippen LogP contribution in [0.2, 0.25) is 0 Å². The molecule has 1 aromatic carbocycles. The van der Waals surface area contributed by atoms with Gasteiger partial charge in [0.1, 0.15) is 9.96 Å². The number of thiophene rings is 1. The molecule has 10 heteroatoms. The number of hydrogen-bond acceptors (Lipinski definition) is 7. The van der Waals surface area contributed by atoms with Gasteiger partial charge in [-0.3, -0.25) is 0 Å². The van der Waals surface area contributed by atoms with Crippen molar-refractivity contribution in [2.24, 2.45) is 0 Å². The summed E-state index contributed by atoms with van der Waals surface area (Å²) < 4.78 is 30.2. The molecule has 3 N–H and O–H groups in total. The highest BCUT2D eigenvalue weighted by Crippen LogP contribution is 2.30. The van der Waals surface area contributed by atoms with Gasteiger partial charge < -0.3 is 20.5 Å². The normalized spacial score (nSPS) is 17.2. The Balaban J connectivity index is 2.09. The van der Waals surface area contributed by atoms with Crippen molar-refractivity contribution in [3.05, 3.63) is 58.6 Å². The number of nitrogens with one attached hydrogen (secondary N) is 2. The number of hydrogen-bond donors (Lipinski definition) is 3. The molecule has 142 valence electrons. The first-order valence-electron chi connectivity index (χ1n) is 7.76. The highest BCUT2D eigenvalue weighted by Gasteiger charge is 2.35. The minimum absolute atomic E-state index is 0.0112. The summed E-state index contributed by atoms with van der Waals surface area (Å²) in [4.78, 5) is 24.5. The molecular formula is C17H16N2O6S2. The van der Waals surface area contributed by atoms with E-state index in [-0.39, 0.29) is 21.2 Å². The predicted octanol–water partition coefficient (Wildman–Crippen LogP) is 1.71. The first-order chi connectivity index (χ1) is 12.8. The van der Waals surface area contributed by atoms with Gasteiger partial charge in [-0.15, -0.1) is 11.3 Å². The molecule has 3 rings (SSSR count). The number of methoxy groups -OCH3 is 1. The van der Waals surface area contributed by atoms with Crippen LogP contribution in [0, 0.1) is 0 Å². The summed E-state index contributed by atoms with van der Waals surface area (Å²) >= 11 is 1.05. The van der Waals surface area contributed by atoms with Gasteiger partial charge in [-0.05, 0) is 29.1 Å². The molecule has 0 unspecified atom stereocenters. The van der Waals surface area contributed by atoms with E-state index in [2.05, 4.69) is 10.6 Å². The fraction of sp³-hybridized carbons (Fsp3) is 0.176. The third-order valence-corrected chi connectivity index (χ3v) is 7.05. The number of amides is 2. The summed E-state index contributed by atoms with van der Waals surface area (Å²) in [5.41, 5.74) is 0.439. The summed E-state index contributed by atoms with van der Waals surface area (Å²) in [7, 11) is -2.58. The first-order valence-corrected chi connectivity index (χ1v) is 10.3. The van der Waals surface area contributed by atoms with Crippen molar-refractivity contribution in [1.29, 1.82) is 0 Å². The van der Waals surface area contributed by atoms with Gasteiger partial charge in [-0.25, -0.2) is 18.0 Å². The van der Waals surface area contributed by atoms with E-state index < -0.39 is 33.6 Å². The maximum atomic E-state index is 12.6. The minimum atomic E-state index is -3.76. The van der Waals surface area contributed by atoms with Crippen LogP contribution in [0.4, 0.5) is 4.79 Å². The largest absolute Gasteiger partial charge is 0.508 e. The molecule has 2 amide bonds. The molecule has 0 saturated carbocycles. The SMILES string of the molecule is COC(=O)C1=C(CS(=O)(=O)c2cccs2)NC(=O)N[C@@H]1c1ccc(O)cc1. The molecule has 1 aliphatic heterocycles. The van der Waals surface area contributed by atoms with Gasteiger partial charge in [0.25, 0.3) is 0 Å². The highest BCUT2D eigenvalue weighted by atomic mass is 32.2. The van der Waals surface area contributed by atoms with Crippen LogP contribution in [-0.2, 0) is 19.4 Å². The van der Waals surface area contributed by atoms with Crippen LogP contribution in [-0.4, -0.2) is 38.4 Å². The number of esters is 1. The van der Waals surface area contributed by atoms with Crippen molar-refractivity contribution in [3.8, 4) is 5.75 Å². The van der Waals surface area contributed by atoms with Crippen LogP contribution < -0.4 is 10.6 Å². The third-order valence-electron chi connectivity index (χ3n) is 3.92. The van der Waals surface area contributed by atoms with E-state index in [9.17, 15) is 23.1 Å². The number of rotatable bonds is 5. The van der Waals surface area contributed by atoms with Gasteiger partial charge >= 0.3 is 12.0 Å². The van der Waals surface area contributed by atoms with E-state index in [0.717, 1.165) is 11.3 Å². The lowest BCUT2D eigenvalue weighted by Crippen LogP contribution is -2.47. The average Bonchev–Trinajstić information content (AvgIpc) is 3.16. The van der Waals surface area contributed by atoms with Crippen LogP contribution in [0.1, 0.15) is 11.6 Å². The van der Waals surface area contributed by atoms with E-state index in [0.29, 0.717) is 5.56 Å². The third kappa shape index (κ3) is 3.96. The smallest absolute Gasteiger partial charge is 0.338 e. The molecule has 0 fully saturated rings. The van der Waals surface area contributed by atoms with Crippen molar-refractivity contribution >= 4 is 33.2 Å². The molecule has 1 atom stereocenters. The Hall–Kier alpha value is -2.85.